The van der Waals surface area contributed by atoms with E-state index in [1.165, 1.54) is 11.3 Å². The van der Waals surface area contributed by atoms with E-state index in [9.17, 15) is 14.4 Å². The first-order valence-corrected chi connectivity index (χ1v) is 7.70. The van der Waals surface area contributed by atoms with Crippen molar-refractivity contribution in [2.75, 3.05) is 13.2 Å². The lowest BCUT2D eigenvalue weighted by atomic mass is 10.0. The maximum atomic E-state index is 12.4. The van der Waals surface area contributed by atoms with Crippen LogP contribution in [-0.4, -0.2) is 36.0 Å². The number of unbranched alkanes of at least 4 members (excludes halogenated alkanes) is 1. The molecule has 1 aliphatic rings. The van der Waals surface area contributed by atoms with Gasteiger partial charge in [0, 0.05) is 4.88 Å². The van der Waals surface area contributed by atoms with E-state index >= 15 is 0 Å². The van der Waals surface area contributed by atoms with Gasteiger partial charge in [0.05, 0.1) is 6.61 Å². The fourth-order valence-corrected chi connectivity index (χ4v) is 2.91. The Kier molecular flexibility index (Phi) is 4.62. The Balaban J connectivity index is 2.04. The van der Waals surface area contributed by atoms with Crippen molar-refractivity contribution >= 4 is 29.2 Å². The number of urea groups is 1. The van der Waals surface area contributed by atoms with E-state index in [1.807, 2.05) is 18.4 Å². The number of nitrogens with zero attached hydrogens (tertiary/aromatic N) is 1. The third-order valence-corrected chi connectivity index (χ3v) is 4.43. The lowest BCUT2D eigenvalue weighted by molar-refractivity contribution is -0.147. The van der Waals surface area contributed by atoms with Gasteiger partial charge >= 0.3 is 12.0 Å². The second-order valence-corrected chi connectivity index (χ2v) is 5.95. The minimum absolute atomic E-state index is 0.307. The molecule has 1 aromatic rings. The van der Waals surface area contributed by atoms with Gasteiger partial charge in [-0.15, -0.1) is 11.3 Å². The van der Waals surface area contributed by atoms with Crippen molar-refractivity contribution in [2.24, 2.45) is 0 Å². The average molecular weight is 310 g/mol. The Morgan fingerprint density at radius 1 is 1.48 bits per heavy atom. The zero-order valence-electron chi connectivity index (χ0n) is 12.0. The third kappa shape index (κ3) is 3.07. The molecule has 0 aromatic carbocycles. The lowest BCUT2D eigenvalue weighted by Gasteiger charge is -2.19. The molecule has 114 valence electrons. The van der Waals surface area contributed by atoms with Crippen molar-refractivity contribution in [3.8, 4) is 0 Å². The summed E-state index contributed by atoms with van der Waals surface area (Å²) in [6.07, 6.45) is 1.67. The summed E-state index contributed by atoms with van der Waals surface area (Å²) in [6.45, 7) is 3.58. The summed E-state index contributed by atoms with van der Waals surface area (Å²) >= 11 is 1.38. The molecule has 0 radical (unpaired) electrons. The van der Waals surface area contributed by atoms with Crippen LogP contribution < -0.4 is 5.32 Å². The lowest BCUT2D eigenvalue weighted by Crippen LogP contribution is -2.41. The van der Waals surface area contributed by atoms with Crippen molar-refractivity contribution < 1.29 is 19.1 Å². The predicted octanol–water partition coefficient (Wildman–Crippen LogP) is 1.86. The number of ether oxygens (including phenoxy) is 1. The van der Waals surface area contributed by atoms with Crippen LogP contribution in [0, 0.1) is 0 Å². The van der Waals surface area contributed by atoms with Gasteiger partial charge in [0.1, 0.15) is 6.54 Å². The van der Waals surface area contributed by atoms with E-state index < -0.39 is 23.4 Å². The highest BCUT2D eigenvalue weighted by Gasteiger charge is 2.50. The largest absolute Gasteiger partial charge is 0.464 e. The summed E-state index contributed by atoms with van der Waals surface area (Å²) in [5, 5.41) is 4.48. The van der Waals surface area contributed by atoms with E-state index in [0.717, 1.165) is 22.6 Å². The van der Waals surface area contributed by atoms with Gasteiger partial charge in [-0.25, -0.2) is 4.79 Å². The maximum absolute atomic E-state index is 12.4. The van der Waals surface area contributed by atoms with Crippen LogP contribution in [0.1, 0.15) is 31.6 Å². The van der Waals surface area contributed by atoms with Crippen LogP contribution in [-0.2, 0) is 19.9 Å². The monoisotopic (exact) mass is 310 g/mol. The van der Waals surface area contributed by atoms with Crippen LogP contribution >= 0.6 is 11.3 Å². The van der Waals surface area contributed by atoms with Gasteiger partial charge in [-0.3, -0.25) is 14.5 Å². The van der Waals surface area contributed by atoms with Gasteiger partial charge < -0.3 is 10.1 Å². The number of nitrogens with one attached hydrogen (secondary N) is 1. The van der Waals surface area contributed by atoms with Crippen LogP contribution in [0.4, 0.5) is 4.79 Å². The quantitative estimate of drug-likeness (QED) is 0.494. The molecule has 1 unspecified atom stereocenters. The summed E-state index contributed by atoms with van der Waals surface area (Å²) in [5.74, 6) is -0.996. The number of imide groups is 1. The molecule has 1 atom stereocenters. The van der Waals surface area contributed by atoms with Crippen LogP contribution in [0.3, 0.4) is 0 Å². The topological polar surface area (TPSA) is 75.7 Å². The van der Waals surface area contributed by atoms with Crippen molar-refractivity contribution in [1.82, 2.24) is 10.2 Å². The molecule has 1 saturated heterocycles. The standard InChI is InChI=1S/C14H18N2O4S/c1-3-4-7-20-11(17)9-16-12(18)14(2,15-13(16)19)10-6-5-8-21-10/h5-6,8H,3-4,7,9H2,1-2H3,(H,15,19). The second-order valence-electron chi connectivity index (χ2n) is 5.00. The average Bonchev–Trinajstić information content (AvgIpc) is 3.04. The SMILES string of the molecule is CCCCOC(=O)CN1C(=O)NC(C)(c2cccs2)C1=O. The van der Waals surface area contributed by atoms with Gasteiger partial charge in [-0.2, -0.15) is 0 Å². The molecule has 2 heterocycles. The Hall–Kier alpha value is -1.89. The molecular weight excluding hydrogens is 292 g/mol. The molecule has 1 fully saturated rings. The summed E-state index contributed by atoms with van der Waals surface area (Å²) in [5.41, 5.74) is -1.10. The van der Waals surface area contributed by atoms with Crippen molar-refractivity contribution in [3.05, 3.63) is 22.4 Å². The summed E-state index contributed by atoms with van der Waals surface area (Å²) < 4.78 is 4.99. The Morgan fingerprint density at radius 2 is 2.24 bits per heavy atom. The van der Waals surface area contributed by atoms with Crippen molar-refractivity contribution in [3.63, 3.8) is 0 Å². The van der Waals surface area contributed by atoms with Crippen LogP contribution in [0.5, 0.6) is 0 Å². The Labute approximate surface area is 127 Å². The normalized spacial score (nSPS) is 21.5. The highest BCUT2D eigenvalue weighted by Crippen LogP contribution is 2.31. The minimum atomic E-state index is -1.10. The van der Waals surface area contributed by atoms with Gasteiger partial charge in [-0.1, -0.05) is 19.4 Å². The van der Waals surface area contributed by atoms with E-state index in [-0.39, 0.29) is 6.54 Å². The van der Waals surface area contributed by atoms with E-state index in [4.69, 9.17) is 4.74 Å². The molecule has 1 aliphatic heterocycles. The molecule has 3 amide bonds. The zero-order valence-corrected chi connectivity index (χ0v) is 12.9. The molecule has 0 spiro atoms. The number of esters is 1. The number of carbonyl (C=O) groups excluding carboxylic acids is 3. The fraction of sp³-hybridized carbons (Fsp3) is 0.500. The summed E-state index contributed by atoms with van der Waals surface area (Å²) in [6, 6.07) is 3.03. The first-order valence-electron chi connectivity index (χ1n) is 6.82. The van der Waals surface area contributed by atoms with Gasteiger partial charge in [0.25, 0.3) is 5.91 Å². The first-order chi connectivity index (χ1) is 9.99. The van der Waals surface area contributed by atoms with Crippen molar-refractivity contribution in [1.29, 1.82) is 0 Å². The highest BCUT2D eigenvalue weighted by molar-refractivity contribution is 7.10. The number of thiophene rings is 1. The fourth-order valence-electron chi connectivity index (χ4n) is 2.08. The maximum Gasteiger partial charge on any atom is 0.326 e. The molecule has 6 nitrogen and oxygen atoms in total. The van der Waals surface area contributed by atoms with E-state index in [2.05, 4.69) is 5.32 Å². The van der Waals surface area contributed by atoms with Crippen molar-refractivity contribution in [2.45, 2.75) is 32.2 Å². The molecule has 21 heavy (non-hydrogen) atoms. The minimum Gasteiger partial charge on any atom is -0.464 e. The van der Waals surface area contributed by atoms with Gasteiger partial charge in [-0.05, 0) is 24.8 Å². The van der Waals surface area contributed by atoms with Gasteiger partial charge in [0.15, 0.2) is 5.54 Å². The molecule has 0 saturated carbocycles. The number of carbonyl (C=O) groups is 3. The predicted molar refractivity (Wildman–Crippen MR) is 77.8 cm³/mol. The molecule has 0 bridgehead atoms. The summed E-state index contributed by atoms with van der Waals surface area (Å²) in [7, 11) is 0. The number of amides is 3. The number of hydrogen-bond acceptors (Lipinski definition) is 5. The van der Waals surface area contributed by atoms with E-state index in [1.54, 1.807) is 13.0 Å². The molecule has 1 aromatic heterocycles. The second kappa shape index (κ2) is 6.26. The molecule has 1 N–H and O–H groups in total. The molecular formula is C14H18N2O4S. The molecule has 2 rings (SSSR count). The Bertz CT molecular complexity index is 543. The van der Waals surface area contributed by atoms with E-state index in [0.29, 0.717) is 6.61 Å². The van der Waals surface area contributed by atoms with Crippen LogP contribution in [0.25, 0.3) is 0 Å². The van der Waals surface area contributed by atoms with Crippen LogP contribution in [0.15, 0.2) is 17.5 Å². The van der Waals surface area contributed by atoms with Gasteiger partial charge in [0.2, 0.25) is 0 Å². The Morgan fingerprint density at radius 3 is 2.86 bits per heavy atom. The smallest absolute Gasteiger partial charge is 0.326 e. The first kappa shape index (κ1) is 15.5. The zero-order chi connectivity index (χ0) is 15.5. The molecule has 0 aliphatic carbocycles. The third-order valence-electron chi connectivity index (χ3n) is 3.34. The number of rotatable bonds is 6. The van der Waals surface area contributed by atoms with Crippen LogP contribution in [0.2, 0.25) is 0 Å². The number of hydrogen-bond donors (Lipinski definition) is 1. The highest BCUT2D eigenvalue weighted by atomic mass is 32.1. The molecule has 7 heteroatoms. The summed E-state index contributed by atoms with van der Waals surface area (Å²) in [4.78, 5) is 37.7.